The molecule has 9 aromatic rings. The van der Waals surface area contributed by atoms with Gasteiger partial charge in [-0.1, -0.05) is 131 Å². The van der Waals surface area contributed by atoms with Crippen LogP contribution >= 0.6 is 0 Å². The number of aromatic nitrogens is 1. The number of para-hydroxylation sites is 1. The third-order valence-corrected chi connectivity index (χ3v) is 13.8. The molecule has 2 aliphatic rings. The summed E-state index contributed by atoms with van der Waals surface area (Å²) in [5, 5.41) is 2.52. The van der Waals surface area contributed by atoms with Crippen molar-refractivity contribution in [3.05, 3.63) is 198 Å². The molecular formula is C56H46N2. The molecule has 1 aromatic heterocycles. The molecule has 0 amide bonds. The van der Waals surface area contributed by atoms with Crippen LogP contribution in [0.3, 0.4) is 0 Å². The van der Waals surface area contributed by atoms with E-state index in [-0.39, 0.29) is 10.8 Å². The first-order valence-corrected chi connectivity index (χ1v) is 20.7. The first-order valence-electron chi connectivity index (χ1n) is 20.7. The lowest BCUT2D eigenvalue weighted by Crippen LogP contribution is -2.19. The number of nitrogens with zero attached hydrogens (tertiary/aromatic N) is 2. The molecule has 1 heterocycles. The van der Waals surface area contributed by atoms with Gasteiger partial charge in [0, 0.05) is 45.7 Å². The fourth-order valence-electron chi connectivity index (χ4n) is 10.3. The van der Waals surface area contributed by atoms with Crippen molar-refractivity contribution in [2.24, 2.45) is 0 Å². The molecule has 2 aliphatic carbocycles. The molecule has 0 N–H and O–H groups in total. The third kappa shape index (κ3) is 4.97. The summed E-state index contributed by atoms with van der Waals surface area (Å²) in [7, 11) is 2.13. The molecule has 1 atom stereocenters. The minimum absolute atomic E-state index is 0.0104. The minimum atomic E-state index is -0.0528. The summed E-state index contributed by atoms with van der Waals surface area (Å²) in [4.78, 5) is 2.24. The number of hydrogen-bond acceptors (Lipinski definition) is 1. The van der Waals surface area contributed by atoms with E-state index in [1.807, 2.05) is 0 Å². The van der Waals surface area contributed by atoms with Crippen LogP contribution in [-0.4, -0.2) is 11.6 Å². The normalized spacial score (nSPS) is 15.9. The van der Waals surface area contributed by atoms with Gasteiger partial charge in [-0.25, -0.2) is 0 Å². The zero-order valence-electron chi connectivity index (χ0n) is 33.8. The average molecular weight is 747 g/mol. The van der Waals surface area contributed by atoms with E-state index in [1.165, 1.54) is 94.3 Å². The van der Waals surface area contributed by atoms with Gasteiger partial charge in [0.15, 0.2) is 0 Å². The van der Waals surface area contributed by atoms with Crippen molar-refractivity contribution in [1.82, 2.24) is 4.57 Å². The Morgan fingerprint density at radius 3 is 1.52 bits per heavy atom. The predicted octanol–water partition coefficient (Wildman–Crippen LogP) is 14.9. The molecule has 58 heavy (non-hydrogen) atoms. The Morgan fingerprint density at radius 1 is 0.431 bits per heavy atom. The first-order chi connectivity index (χ1) is 28.2. The van der Waals surface area contributed by atoms with E-state index in [0.29, 0.717) is 0 Å². The van der Waals surface area contributed by atoms with Crippen LogP contribution in [0.25, 0.3) is 72.0 Å². The SMILES string of the molecule is CCC1(C)c2ccccc2-c2ccc(-c3ccc4c(c3)c3cc(-c5ccc6c(c5)C(C)(C)c5ccccc5-6)ccc3n4-c3ccc(N(C)c4ccccc4)cc3)cc21. The van der Waals surface area contributed by atoms with Crippen molar-refractivity contribution in [3.8, 4) is 50.2 Å². The summed E-state index contributed by atoms with van der Waals surface area (Å²) < 4.78 is 2.44. The lowest BCUT2D eigenvalue weighted by molar-refractivity contribution is 0.565. The van der Waals surface area contributed by atoms with Gasteiger partial charge < -0.3 is 9.47 Å². The van der Waals surface area contributed by atoms with Gasteiger partial charge in [0.2, 0.25) is 0 Å². The smallest absolute Gasteiger partial charge is 0.0541 e. The molecular weight excluding hydrogens is 701 g/mol. The molecule has 8 aromatic carbocycles. The van der Waals surface area contributed by atoms with E-state index in [1.54, 1.807) is 0 Å². The van der Waals surface area contributed by atoms with Gasteiger partial charge >= 0.3 is 0 Å². The highest BCUT2D eigenvalue weighted by atomic mass is 15.1. The highest BCUT2D eigenvalue weighted by Crippen LogP contribution is 2.52. The fraction of sp³-hybridized carbons (Fsp3) is 0.143. The molecule has 280 valence electrons. The monoisotopic (exact) mass is 746 g/mol. The maximum atomic E-state index is 2.47. The fourth-order valence-corrected chi connectivity index (χ4v) is 10.3. The zero-order chi connectivity index (χ0) is 39.3. The van der Waals surface area contributed by atoms with Gasteiger partial charge in [-0.3, -0.25) is 0 Å². The van der Waals surface area contributed by atoms with E-state index in [0.717, 1.165) is 17.8 Å². The van der Waals surface area contributed by atoms with Crippen LogP contribution in [0.2, 0.25) is 0 Å². The summed E-state index contributed by atoms with van der Waals surface area (Å²) in [5.74, 6) is 0. The summed E-state index contributed by atoms with van der Waals surface area (Å²) in [6, 6.07) is 65.9. The average Bonchev–Trinajstić information content (AvgIpc) is 3.83. The van der Waals surface area contributed by atoms with Crippen molar-refractivity contribution < 1.29 is 0 Å². The topological polar surface area (TPSA) is 8.17 Å². The molecule has 0 saturated carbocycles. The Morgan fingerprint density at radius 2 is 0.897 bits per heavy atom. The first kappa shape index (κ1) is 34.6. The second kappa shape index (κ2) is 12.7. The van der Waals surface area contributed by atoms with E-state index in [9.17, 15) is 0 Å². The van der Waals surface area contributed by atoms with Crippen molar-refractivity contribution in [1.29, 1.82) is 0 Å². The zero-order valence-corrected chi connectivity index (χ0v) is 33.8. The molecule has 0 saturated heterocycles. The Kier molecular flexibility index (Phi) is 7.56. The van der Waals surface area contributed by atoms with Crippen LogP contribution in [0.1, 0.15) is 56.4 Å². The lowest BCUT2D eigenvalue weighted by Gasteiger charge is -2.26. The lowest BCUT2D eigenvalue weighted by atomic mass is 9.77. The molecule has 1 unspecified atom stereocenters. The largest absolute Gasteiger partial charge is 0.345 e. The maximum Gasteiger partial charge on any atom is 0.0541 e. The van der Waals surface area contributed by atoms with Crippen LogP contribution < -0.4 is 4.90 Å². The molecule has 2 heteroatoms. The number of benzene rings is 8. The van der Waals surface area contributed by atoms with Crippen molar-refractivity contribution in [2.45, 2.75) is 44.9 Å². The van der Waals surface area contributed by atoms with Gasteiger partial charge in [0.05, 0.1) is 11.0 Å². The van der Waals surface area contributed by atoms with E-state index < -0.39 is 0 Å². The maximum absolute atomic E-state index is 2.47. The van der Waals surface area contributed by atoms with Crippen molar-refractivity contribution in [3.63, 3.8) is 0 Å². The van der Waals surface area contributed by atoms with Gasteiger partial charge in [-0.15, -0.1) is 0 Å². The quantitative estimate of drug-likeness (QED) is 0.164. The van der Waals surface area contributed by atoms with E-state index >= 15 is 0 Å². The van der Waals surface area contributed by atoms with Crippen LogP contribution in [0.15, 0.2) is 176 Å². The summed E-state index contributed by atoms with van der Waals surface area (Å²) in [5.41, 5.74) is 21.9. The number of fused-ring (bicyclic) bond motifs is 9. The number of rotatable bonds is 6. The second-order valence-electron chi connectivity index (χ2n) is 17.1. The number of anilines is 2. The summed E-state index contributed by atoms with van der Waals surface area (Å²) in [6.07, 6.45) is 1.06. The van der Waals surface area contributed by atoms with Crippen LogP contribution in [0.4, 0.5) is 11.4 Å². The van der Waals surface area contributed by atoms with E-state index in [2.05, 4.69) is 220 Å². The van der Waals surface area contributed by atoms with Crippen molar-refractivity contribution >= 4 is 33.2 Å². The second-order valence-corrected chi connectivity index (χ2v) is 17.1. The molecule has 0 radical (unpaired) electrons. The van der Waals surface area contributed by atoms with Gasteiger partial charge in [0.25, 0.3) is 0 Å². The number of hydrogen-bond donors (Lipinski definition) is 0. The van der Waals surface area contributed by atoms with E-state index in [4.69, 9.17) is 0 Å². The standard InChI is InChI=1S/C56H46N2/c1-6-56(4)50-19-13-11-17-44(50)46-29-21-39(35-52(46)56)37-23-31-54-48(33-37)47-32-36(38-20-28-45-43-16-10-12-18-49(43)55(2,3)51(45)34-38)22-30-53(47)58(54)42-26-24-41(25-27-42)57(5)40-14-8-7-9-15-40/h7-35H,6H2,1-5H3. The minimum Gasteiger partial charge on any atom is -0.345 e. The Balaban J connectivity index is 1.07. The third-order valence-electron chi connectivity index (χ3n) is 13.8. The molecule has 0 aliphatic heterocycles. The van der Waals surface area contributed by atoms with Crippen LogP contribution in [0.5, 0.6) is 0 Å². The highest BCUT2D eigenvalue weighted by Gasteiger charge is 2.38. The Hall–Kier alpha value is -6.64. The predicted molar refractivity (Wildman–Crippen MR) is 246 cm³/mol. The van der Waals surface area contributed by atoms with Crippen LogP contribution in [0, 0.1) is 0 Å². The van der Waals surface area contributed by atoms with Crippen LogP contribution in [-0.2, 0) is 10.8 Å². The van der Waals surface area contributed by atoms with Crippen molar-refractivity contribution in [2.75, 3.05) is 11.9 Å². The Bertz CT molecular complexity index is 3090. The van der Waals surface area contributed by atoms with Gasteiger partial charge in [0.1, 0.15) is 0 Å². The van der Waals surface area contributed by atoms with Gasteiger partial charge in [-0.2, -0.15) is 0 Å². The molecule has 0 fully saturated rings. The summed E-state index contributed by atoms with van der Waals surface area (Å²) >= 11 is 0. The summed E-state index contributed by atoms with van der Waals surface area (Å²) in [6.45, 7) is 9.47. The highest BCUT2D eigenvalue weighted by molar-refractivity contribution is 6.12. The van der Waals surface area contributed by atoms with Gasteiger partial charge in [-0.05, 0) is 146 Å². The molecule has 11 rings (SSSR count). The molecule has 0 bridgehead atoms. The Labute approximate surface area is 341 Å². The molecule has 2 nitrogen and oxygen atoms in total. The molecule has 0 spiro atoms.